The zero-order valence-electron chi connectivity index (χ0n) is 14.0. The summed E-state index contributed by atoms with van der Waals surface area (Å²) in [6.07, 6.45) is 5.86. The van der Waals surface area contributed by atoms with Gasteiger partial charge in [0.25, 0.3) is 0 Å². The highest BCUT2D eigenvalue weighted by atomic mass is 16.6. The molecule has 1 amide bonds. The van der Waals surface area contributed by atoms with Gasteiger partial charge in [-0.2, -0.15) is 0 Å². The molecule has 0 aromatic carbocycles. The van der Waals surface area contributed by atoms with Gasteiger partial charge in [0.05, 0.1) is 6.04 Å². The van der Waals surface area contributed by atoms with E-state index in [2.05, 4.69) is 22.2 Å². The molecule has 1 aliphatic heterocycles. The maximum Gasteiger partial charge on any atom is 0.407 e. The second-order valence-electron chi connectivity index (χ2n) is 7.08. The van der Waals surface area contributed by atoms with Crippen molar-refractivity contribution in [3.63, 3.8) is 0 Å². The Bertz CT molecular complexity index is 446. The van der Waals surface area contributed by atoms with Crippen molar-refractivity contribution in [1.29, 1.82) is 0 Å². The van der Waals surface area contributed by atoms with Crippen LogP contribution < -0.4 is 5.32 Å². The number of ether oxygens (including phenoxy) is 2. The summed E-state index contributed by atoms with van der Waals surface area (Å²) in [5.74, 6) is 0.783. The lowest BCUT2D eigenvalue weighted by Crippen LogP contribution is -2.42. The molecule has 1 N–H and O–H groups in total. The summed E-state index contributed by atoms with van der Waals surface area (Å²) in [6.45, 7) is 7.65. The van der Waals surface area contributed by atoms with Crippen molar-refractivity contribution in [2.75, 3.05) is 0 Å². The molecular weight excluding hydrogens is 282 g/mol. The molecule has 22 heavy (non-hydrogen) atoms. The molecule has 124 valence electrons. The number of amides is 1. The van der Waals surface area contributed by atoms with Gasteiger partial charge in [-0.25, -0.2) is 9.79 Å². The van der Waals surface area contributed by atoms with Crippen LogP contribution in [0.5, 0.6) is 0 Å². The third-order valence-electron chi connectivity index (χ3n) is 3.69. The zero-order chi connectivity index (χ0) is 16.2. The average molecular weight is 309 g/mol. The smallest absolute Gasteiger partial charge is 0.407 e. The second-order valence-corrected chi connectivity index (χ2v) is 7.08. The Morgan fingerprint density at radius 2 is 1.95 bits per heavy atom. The van der Waals surface area contributed by atoms with Gasteiger partial charge in [-0.3, -0.25) is 4.99 Å². The van der Waals surface area contributed by atoms with Crippen molar-refractivity contribution in [2.45, 2.75) is 83.6 Å². The number of aliphatic imine (C=N–C) groups is 2. The van der Waals surface area contributed by atoms with E-state index in [1.165, 1.54) is 0 Å². The monoisotopic (exact) mass is 309 g/mol. The SMILES string of the molecule is CC1CC(O[C@H]2CC[C@H](NC(=O)OC(C)(C)C)CC2)=NC=N1. The van der Waals surface area contributed by atoms with Gasteiger partial charge in [0.1, 0.15) is 18.0 Å². The summed E-state index contributed by atoms with van der Waals surface area (Å²) in [5.41, 5.74) is -0.457. The van der Waals surface area contributed by atoms with Gasteiger partial charge < -0.3 is 14.8 Å². The Labute approximate surface area is 132 Å². The highest BCUT2D eigenvalue weighted by Gasteiger charge is 2.26. The summed E-state index contributed by atoms with van der Waals surface area (Å²) in [6, 6.07) is 0.418. The predicted octanol–water partition coefficient (Wildman–Crippen LogP) is 3.06. The molecule has 0 aromatic heterocycles. The first-order valence-corrected chi connectivity index (χ1v) is 8.06. The highest BCUT2D eigenvalue weighted by Crippen LogP contribution is 2.23. The Kier molecular flexibility index (Phi) is 5.42. The standard InChI is InChI=1S/C16H27N3O3/c1-11-9-14(18-10-17-11)21-13-7-5-12(6-8-13)19-15(20)22-16(2,3)4/h10-13H,5-9H2,1-4H3,(H,19,20)/t11?,12-,13-. The maximum absolute atomic E-state index is 11.8. The maximum atomic E-state index is 11.8. The number of hydrogen-bond donors (Lipinski definition) is 1. The van der Waals surface area contributed by atoms with Gasteiger partial charge in [-0.15, -0.1) is 0 Å². The van der Waals surface area contributed by atoms with Crippen LogP contribution in [0.25, 0.3) is 0 Å². The lowest BCUT2D eigenvalue weighted by atomic mass is 9.93. The molecule has 6 heteroatoms. The molecule has 1 heterocycles. The molecule has 0 bridgehead atoms. The molecular formula is C16H27N3O3. The first-order chi connectivity index (χ1) is 10.3. The fourth-order valence-corrected chi connectivity index (χ4v) is 2.64. The van der Waals surface area contributed by atoms with Crippen molar-refractivity contribution in [3.05, 3.63) is 0 Å². The first-order valence-electron chi connectivity index (χ1n) is 8.06. The van der Waals surface area contributed by atoms with Crippen LogP contribution in [0.3, 0.4) is 0 Å². The zero-order valence-corrected chi connectivity index (χ0v) is 14.0. The largest absolute Gasteiger partial charge is 0.477 e. The summed E-state index contributed by atoms with van der Waals surface area (Å²) in [7, 11) is 0. The summed E-state index contributed by atoms with van der Waals surface area (Å²) < 4.78 is 11.2. The lowest BCUT2D eigenvalue weighted by Gasteiger charge is -2.31. The van der Waals surface area contributed by atoms with Crippen molar-refractivity contribution < 1.29 is 14.3 Å². The number of alkyl carbamates (subject to hydrolysis) is 1. The number of nitrogens with one attached hydrogen (secondary N) is 1. The molecule has 0 saturated heterocycles. The van der Waals surface area contributed by atoms with Crippen LogP contribution in [0.1, 0.15) is 59.8 Å². The van der Waals surface area contributed by atoms with Crippen LogP contribution in [0.4, 0.5) is 4.79 Å². The Morgan fingerprint density at radius 3 is 2.55 bits per heavy atom. The normalized spacial score (nSPS) is 28.7. The number of rotatable bonds is 2. The van der Waals surface area contributed by atoms with Crippen molar-refractivity contribution in [3.8, 4) is 0 Å². The number of carbonyl (C=O) groups is 1. The van der Waals surface area contributed by atoms with Crippen LogP contribution in [0.15, 0.2) is 9.98 Å². The van der Waals surface area contributed by atoms with Gasteiger partial charge in [-0.1, -0.05) is 0 Å². The first kappa shape index (κ1) is 16.8. The van der Waals surface area contributed by atoms with E-state index in [9.17, 15) is 4.79 Å². The molecule has 1 atom stereocenters. The van der Waals surface area contributed by atoms with Crippen LogP contribution in [0, 0.1) is 0 Å². The summed E-state index contributed by atoms with van der Waals surface area (Å²) in [5, 5.41) is 2.94. The van der Waals surface area contributed by atoms with E-state index in [-0.39, 0.29) is 24.3 Å². The van der Waals surface area contributed by atoms with E-state index in [0.29, 0.717) is 0 Å². The van der Waals surface area contributed by atoms with Crippen molar-refractivity contribution in [1.82, 2.24) is 5.32 Å². The van der Waals surface area contributed by atoms with Crippen LogP contribution in [-0.4, -0.2) is 42.1 Å². The number of hydrogen-bond acceptors (Lipinski definition) is 5. The van der Waals surface area contributed by atoms with Gasteiger partial charge in [0.15, 0.2) is 5.90 Å². The molecule has 1 saturated carbocycles. The number of carbonyl (C=O) groups excluding carboxylic acids is 1. The van der Waals surface area contributed by atoms with E-state index >= 15 is 0 Å². The van der Waals surface area contributed by atoms with E-state index < -0.39 is 5.60 Å². The third kappa shape index (κ3) is 5.66. The van der Waals surface area contributed by atoms with Gasteiger partial charge in [0, 0.05) is 12.5 Å². The molecule has 2 rings (SSSR count). The summed E-state index contributed by atoms with van der Waals surface area (Å²) in [4.78, 5) is 20.2. The van der Waals surface area contributed by atoms with Crippen LogP contribution in [-0.2, 0) is 9.47 Å². The fraction of sp³-hybridized carbons (Fsp3) is 0.812. The second kappa shape index (κ2) is 7.11. The third-order valence-corrected chi connectivity index (χ3v) is 3.69. The number of nitrogens with zero attached hydrogens (tertiary/aromatic N) is 2. The fourth-order valence-electron chi connectivity index (χ4n) is 2.64. The van der Waals surface area contributed by atoms with E-state index in [4.69, 9.17) is 9.47 Å². The molecule has 0 spiro atoms. The highest BCUT2D eigenvalue weighted by molar-refractivity contribution is 5.86. The van der Waals surface area contributed by atoms with Gasteiger partial charge >= 0.3 is 6.09 Å². The van der Waals surface area contributed by atoms with E-state index in [1.54, 1.807) is 6.34 Å². The molecule has 2 aliphatic rings. The minimum Gasteiger partial charge on any atom is -0.477 e. The van der Waals surface area contributed by atoms with E-state index in [0.717, 1.165) is 38.0 Å². The van der Waals surface area contributed by atoms with Crippen molar-refractivity contribution in [2.24, 2.45) is 9.98 Å². The van der Waals surface area contributed by atoms with Crippen LogP contribution >= 0.6 is 0 Å². The Balaban J connectivity index is 1.71. The van der Waals surface area contributed by atoms with Crippen LogP contribution in [0.2, 0.25) is 0 Å². The topological polar surface area (TPSA) is 72.3 Å². The minimum atomic E-state index is -0.457. The quantitative estimate of drug-likeness (QED) is 0.852. The van der Waals surface area contributed by atoms with Gasteiger partial charge in [0.2, 0.25) is 0 Å². The summed E-state index contributed by atoms with van der Waals surface area (Å²) >= 11 is 0. The van der Waals surface area contributed by atoms with Crippen molar-refractivity contribution >= 4 is 18.3 Å². The molecule has 1 fully saturated rings. The molecule has 6 nitrogen and oxygen atoms in total. The molecule has 0 aromatic rings. The minimum absolute atomic E-state index is 0.170. The Morgan fingerprint density at radius 1 is 1.27 bits per heavy atom. The van der Waals surface area contributed by atoms with E-state index in [1.807, 2.05) is 20.8 Å². The average Bonchev–Trinajstić information content (AvgIpc) is 2.39. The lowest BCUT2D eigenvalue weighted by molar-refractivity contribution is 0.0465. The van der Waals surface area contributed by atoms with Gasteiger partial charge in [-0.05, 0) is 53.4 Å². The molecule has 1 unspecified atom stereocenters. The molecule has 0 radical (unpaired) electrons. The Hall–Kier alpha value is -1.59. The predicted molar refractivity (Wildman–Crippen MR) is 86.5 cm³/mol. The molecule has 1 aliphatic carbocycles.